The Balaban J connectivity index is 1.64. The van der Waals surface area contributed by atoms with E-state index in [1.54, 1.807) is 0 Å². The first-order chi connectivity index (χ1) is 35.6. The number of hydrogen-bond donors (Lipinski definition) is 9. The Labute approximate surface area is 438 Å². The van der Waals surface area contributed by atoms with Gasteiger partial charge in [-0.15, -0.1) is 0 Å². The largest absolute Gasteiger partial charge is 0.394 e. The molecule has 73 heavy (non-hydrogen) atoms. The second kappa shape index (κ2) is 43.8. The minimum Gasteiger partial charge on any atom is -0.394 e. The molecule has 1 amide bonds. The number of aliphatic hydroxyl groups excluding tert-OH is 8. The van der Waals surface area contributed by atoms with Crippen LogP contribution >= 0.6 is 0 Å². The third-order valence-corrected chi connectivity index (χ3v) is 12.8. The predicted octanol–water partition coefficient (Wildman–Crippen LogP) is 8.49. The number of nitrogens with one attached hydrogen (secondary N) is 1. The highest BCUT2D eigenvalue weighted by molar-refractivity contribution is 5.76. The summed E-state index contributed by atoms with van der Waals surface area (Å²) in [5.74, 6) is -0.238. The first-order valence-electron chi connectivity index (χ1n) is 27.6. The molecule has 0 spiro atoms. The number of amides is 1. The van der Waals surface area contributed by atoms with Crippen molar-refractivity contribution in [2.24, 2.45) is 0 Å². The van der Waals surface area contributed by atoms with Crippen LogP contribution < -0.4 is 5.32 Å². The summed E-state index contributed by atoms with van der Waals surface area (Å²) in [4.78, 5) is 13.1. The summed E-state index contributed by atoms with van der Waals surface area (Å²) in [5.41, 5.74) is 0. The van der Waals surface area contributed by atoms with E-state index < -0.39 is 86.8 Å². The van der Waals surface area contributed by atoms with Crippen LogP contribution in [0.5, 0.6) is 0 Å². The molecule has 0 aromatic rings. The van der Waals surface area contributed by atoms with Crippen LogP contribution in [0, 0.1) is 0 Å². The van der Waals surface area contributed by atoms with Gasteiger partial charge in [0.15, 0.2) is 12.6 Å². The number of carbonyl (C=O) groups is 1. The van der Waals surface area contributed by atoms with E-state index in [1.807, 2.05) is 0 Å². The molecule has 0 aromatic heterocycles. The lowest BCUT2D eigenvalue weighted by molar-refractivity contribution is -0.359. The Hall–Kier alpha value is -3.35. The summed E-state index contributed by atoms with van der Waals surface area (Å²) < 4.78 is 22.6. The number of hydrogen-bond acceptors (Lipinski definition) is 13. The van der Waals surface area contributed by atoms with Gasteiger partial charge in [-0.1, -0.05) is 181 Å². The molecule has 0 aliphatic carbocycles. The summed E-state index contributed by atoms with van der Waals surface area (Å²) in [6.07, 6.45) is 44.3. The fraction of sp³-hybridized carbons (Fsp3) is 0.678. The molecule has 9 N–H and O–H groups in total. The minimum absolute atomic E-state index is 0.238. The van der Waals surface area contributed by atoms with E-state index in [-0.39, 0.29) is 18.9 Å². The highest BCUT2D eigenvalue weighted by Crippen LogP contribution is 2.30. The fourth-order valence-corrected chi connectivity index (χ4v) is 8.29. The molecule has 416 valence electrons. The molecule has 0 saturated carbocycles. The van der Waals surface area contributed by atoms with Crippen LogP contribution in [-0.2, 0) is 23.7 Å². The van der Waals surface area contributed by atoms with E-state index in [0.29, 0.717) is 12.8 Å². The Morgan fingerprint density at radius 2 is 0.945 bits per heavy atom. The van der Waals surface area contributed by atoms with Gasteiger partial charge in [0, 0.05) is 6.42 Å². The normalized spacial score (nSPS) is 26.3. The summed E-state index contributed by atoms with van der Waals surface area (Å²) in [6, 6.07) is -0.844. The van der Waals surface area contributed by atoms with E-state index in [4.69, 9.17) is 18.9 Å². The third-order valence-electron chi connectivity index (χ3n) is 12.8. The zero-order valence-corrected chi connectivity index (χ0v) is 44.3. The molecule has 0 bridgehead atoms. The van der Waals surface area contributed by atoms with Gasteiger partial charge in [-0.3, -0.25) is 4.79 Å². The molecule has 2 heterocycles. The zero-order valence-electron chi connectivity index (χ0n) is 44.3. The monoisotopic (exact) mass is 1030 g/mol. The molecule has 12 unspecified atom stereocenters. The molecule has 2 saturated heterocycles. The van der Waals surface area contributed by atoms with Crippen molar-refractivity contribution >= 4 is 5.91 Å². The molecule has 0 radical (unpaired) electrons. The topological polar surface area (TPSA) is 228 Å². The average molecular weight is 1030 g/mol. The predicted molar refractivity (Wildman–Crippen MR) is 290 cm³/mol. The SMILES string of the molecule is CC/C=C\C/C=C\C/C=C\C/C=C\C/C=C\C/C=C\C/C=C\C/C=C\C/C=C\CCCCCCCC(=O)NC(COC1OC(CO)C(OC2OC(CO)C(O)C(O)C2O)C(O)C1O)C(O)CCCCCCCC. The molecule has 2 aliphatic heterocycles. The molecular weight excluding hydrogens is 931 g/mol. The fourth-order valence-electron chi connectivity index (χ4n) is 8.29. The van der Waals surface area contributed by atoms with Gasteiger partial charge in [0.05, 0.1) is 32.0 Å². The van der Waals surface area contributed by atoms with Crippen LogP contribution in [0.25, 0.3) is 0 Å². The lowest BCUT2D eigenvalue weighted by Crippen LogP contribution is -2.65. The summed E-state index contributed by atoms with van der Waals surface area (Å²) in [7, 11) is 0. The number of ether oxygens (including phenoxy) is 4. The Morgan fingerprint density at radius 1 is 0.507 bits per heavy atom. The number of aliphatic hydroxyl groups is 8. The van der Waals surface area contributed by atoms with E-state index in [0.717, 1.165) is 128 Å². The van der Waals surface area contributed by atoms with Crippen molar-refractivity contribution in [1.82, 2.24) is 5.32 Å². The lowest BCUT2D eigenvalue weighted by Gasteiger charge is -2.46. The van der Waals surface area contributed by atoms with Crippen molar-refractivity contribution in [1.29, 1.82) is 0 Å². The van der Waals surface area contributed by atoms with Crippen molar-refractivity contribution in [2.45, 2.75) is 235 Å². The van der Waals surface area contributed by atoms with Crippen LogP contribution in [0.4, 0.5) is 0 Å². The maximum atomic E-state index is 13.1. The van der Waals surface area contributed by atoms with Gasteiger partial charge in [-0.2, -0.15) is 0 Å². The van der Waals surface area contributed by atoms with Gasteiger partial charge in [-0.25, -0.2) is 0 Å². The number of carbonyl (C=O) groups excluding carboxylic acids is 1. The maximum absolute atomic E-state index is 13.1. The van der Waals surface area contributed by atoms with E-state index in [2.05, 4.69) is 129 Å². The molecule has 12 atom stereocenters. The second-order valence-corrected chi connectivity index (χ2v) is 19.0. The minimum atomic E-state index is -1.79. The molecular formula is C59H97NO13. The quantitative estimate of drug-likeness (QED) is 0.0207. The van der Waals surface area contributed by atoms with Crippen LogP contribution in [0.1, 0.15) is 162 Å². The lowest BCUT2D eigenvalue weighted by atomic mass is 9.97. The smallest absolute Gasteiger partial charge is 0.220 e. The molecule has 2 fully saturated rings. The molecule has 14 nitrogen and oxygen atoms in total. The van der Waals surface area contributed by atoms with E-state index in [1.165, 1.54) is 0 Å². The number of rotatable bonds is 41. The number of unbranched alkanes of at least 4 members (excludes halogenated alkanes) is 10. The molecule has 2 aliphatic rings. The highest BCUT2D eigenvalue weighted by atomic mass is 16.7. The van der Waals surface area contributed by atoms with Gasteiger partial charge in [0.25, 0.3) is 0 Å². The molecule has 2 rings (SSSR count). The van der Waals surface area contributed by atoms with Crippen LogP contribution in [0.3, 0.4) is 0 Å². The first-order valence-corrected chi connectivity index (χ1v) is 27.6. The van der Waals surface area contributed by atoms with Crippen molar-refractivity contribution in [2.75, 3.05) is 19.8 Å². The third kappa shape index (κ3) is 30.1. The van der Waals surface area contributed by atoms with Crippen molar-refractivity contribution in [3.05, 3.63) is 109 Å². The highest BCUT2D eigenvalue weighted by Gasteiger charge is 2.51. The van der Waals surface area contributed by atoms with Crippen molar-refractivity contribution < 1.29 is 64.6 Å². The standard InChI is InChI=1S/C59H97NO13/c1-3-5-7-9-11-12-13-14-15-16-17-18-19-20-21-22-23-24-25-26-27-28-29-30-31-32-33-34-35-36-37-39-41-43-51(64)60-47(48(63)42-40-38-10-8-6-4-2)46-70-58-56(69)54(67)57(50(45-62)72-58)73-59-55(68)53(66)52(65)49(44-61)71-59/h5,7,11-12,14-15,17-18,20-21,23-24,26-27,29-30,32-33,47-50,52-59,61-63,65-69H,3-4,6,8-10,13,16,19,22,25,28,31,34-46H2,1-2H3,(H,60,64)/b7-5-,12-11-,15-14-,18-17-,21-20-,24-23-,27-26-,30-29-,33-32-. The first kappa shape index (κ1) is 65.8. The van der Waals surface area contributed by atoms with Gasteiger partial charge in [0.2, 0.25) is 5.91 Å². The Bertz CT molecular complexity index is 1640. The van der Waals surface area contributed by atoms with Crippen LogP contribution in [0.2, 0.25) is 0 Å². The zero-order chi connectivity index (χ0) is 53.2. The summed E-state index contributed by atoms with van der Waals surface area (Å²) in [6.45, 7) is 2.62. The van der Waals surface area contributed by atoms with Gasteiger partial charge < -0.3 is 65.1 Å². The second-order valence-electron chi connectivity index (χ2n) is 19.0. The van der Waals surface area contributed by atoms with Crippen molar-refractivity contribution in [3.8, 4) is 0 Å². The van der Waals surface area contributed by atoms with E-state index >= 15 is 0 Å². The Morgan fingerprint density at radius 3 is 1.45 bits per heavy atom. The van der Waals surface area contributed by atoms with Gasteiger partial charge in [0.1, 0.15) is 48.8 Å². The Kier molecular flexibility index (Phi) is 39.5. The van der Waals surface area contributed by atoms with Crippen LogP contribution in [-0.4, -0.2) is 140 Å². The summed E-state index contributed by atoms with van der Waals surface area (Å²) >= 11 is 0. The molecule has 0 aromatic carbocycles. The average Bonchev–Trinajstić information content (AvgIpc) is 3.39. The van der Waals surface area contributed by atoms with E-state index in [9.17, 15) is 45.6 Å². The molecule has 14 heteroatoms. The van der Waals surface area contributed by atoms with Gasteiger partial charge >= 0.3 is 0 Å². The van der Waals surface area contributed by atoms with Gasteiger partial charge in [-0.05, 0) is 83.5 Å². The number of allylic oxidation sites excluding steroid dienone is 18. The van der Waals surface area contributed by atoms with Crippen LogP contribution in [0.15, 0.2) is 109 Å². The maximum Gasteiger partial charge on any atom is 0.220 e. The summed E-state index contributed by atoms with van der Waals surface area (Å²) in [5, 5.41) is 86.5. The van der Waals surface area contributed by atoms with Crippen molar-refractivity contribution in [3.63, 3.8) is 0 Å².